The van der Waals surface area contributed by atoms with E-state index in [2.05, 4.69) is 10.1 Å². The van der Waals surface area contributed by atoms with Crippen molar-refractivity contribution in [3.8, 4) is 5.75 Å². The number of nitrogens with zero attached hydrogens (tertiary/aromatic N) is 3. The Morgan fingerprint density at radius 2 is 2.05 bits per heavy atom. The summed E-state index contributed by atoms with van der Waals surface area (Å²) in [6.45, 7) is -0.992. The first-order valence-electron chi connectivity index (χ1n) is 6.18. The molecule has 2 heterocycles. The standard InChI is InChI=1S/C12H14BF3N3O/c1-9(2)19-4-3-11(18-19)8-20-12-5-10(6-17-7-12)13(14,15)16/h3-7,9H,8H2,1-2H3/q-1. The van der Waals surface area contributed by atoms with E-state index >= 15 is 0 Å². The van der Waals surface area contributed by atoms with Crippen LogP contribution in [-0.4, -0.2) is 21.7 Å². The zero-order chi connectivity index (χ0) is 14.8. The van der Waals surface area contributed by atoms with E-state index in [1.807, 2.05) is 13.8 Å². The molecule has 4 nitrogen and oxygen atoms in total. The molecule has 0 N–H and O–H groups in total. The van der Waals surface area contributed by atoms with Gasteiger partial charge >= 0.3 is 6.98 Å². The monoisotopic (exact) mass is 284 g/mol. The van der Waals surface area contributed by atoms with Crippen molar-refractivity contribution in [2.75, 3.05) is 0 Å². The molecule has 108 valence electrons. The van der Waals surface area contributed by atoms with Gasteiger partial charge in [-0.15, -0.1) is 0 Å². The van der Waals surface area contributed by atoms with Crippen LogP contribution in [0.5, 0.6) is 5.75 Å². The van der Waals surface area contributed by atoms with E-state index in [4.69, 9.17) is 4.74 Å². The highest BCUT2D eigenvalue weighted by Crippen LogP contribution is 2.14. The molecule has 0 saturated carbocycles. The van der Waals surface area contributed by atoms with Crippen molar-refractivity contribution >= 4 is 12.4 Å². The van der Waals surface area contributed by atoms with Gasteiger partial charge in [0, 0.05) is 18.4 Å². The van der Waals surface area contributed by atoms with E-state index in [1.54, 1.807) is 16.9 Å². The highest BCUT2D eigenvalue weighted by atomic mass is 19.4. The van der Waals surface area contributed by atoms with Gasteiger partial charge in [0.15, 0.2) is 0 Å². The molecule has 0 amide bonds. The van der Waals surface area contributed by atoms with E-state index in [0.29, 0.717) is 5.69 Å². The minimum absolute atomic E-state index is 0.0841. The molecule has 0 aliphatic heterocycles. The van der Waals surface area contributed by atoms with Gasteiger partial charge < -0.3 is 17.7 Å². The normalized spacial score (nSPS) is 11.9. The summed E-state index contributed by atoms with van der Waals surface area (Å²) >= 11 is 0. The lowest BCUT2D eigenvalue weighted by molar-refractivity contribution is 0.297. The Morgan fingerprint density at radius 1 is 1.30 bits per heavy atom. The highest BCUT2D eigenvalue weighted by molar-refractivity contribution is 6.73. The van der Waals surface area contributed by atoms with E-state index in [1.165, 1.54) is 6.20 Å². The van der Waals surface area contributed by atoms with Gasteiger partial charge in [-0.25, -0.2) is 0 Å². The van der Waals surface area contributed by atoms with Gasteiger partial charge in [-0.1, -0.05) is 5.46 Å². The Bertz CT molecular complexity index is 583. The third kappa shape index (κ3) is 3.52. The number of hydrogen-bond acceptors (Lipinski definition) is 3. The summed E-state index contributed by atoms with van der Waals surface area (Å²) in [6, 6.07) is 2.94. The van der Waals surface area contributed by atoms with Crippen LogP contribution >= 0.6 is 0 Å². The average molecular weight is 284 g/mol. The number of halogens is 3. The van der Waals surface area contributed by atoms with Crippen LogP contribution in [0.3, 0.4) is 0 Å². The van der Waals surface area contributed by atoms with Crippen LogP contribution in [0.2, 0.25) is 0 Å². The van der Waals surface area contributed by atoms with Crippen LogP contribution in [0.15, 0.2) is 30.7 Å². The molecule has 20 heavy (non-hydrogen) atoms. The topological polar surface area (TPSA) is 39.9 Å². The lowest BCUT2D eigenvalue weighted by atomic mass is 9.81. The highest BCUT2D eigenvalue weighted by Gasteiger charge is 2.26. The van der Waals surface area contributed by atoms with Crippen LogP contribution in [0, 0.1) is 0 Å². The van der Waals surface area contributed by atoms with E-state index in [-0.39, 0.29) is 18.4 Å². The maximum Gasteiger partial charge on any atom is 0.511 e. The first kappa shape index (κ1) is 14.4. The Labute approximate surface area is 114 Å². The Kier molecular flexibility index (Phi) is 4.01. The van der Waals surface area contributed by atoms with Crippen molar-refractivity contribution in [3.63, 3.8) is 0 Å². The minimum Gasteiger partial charge on any atom is -0.486 e. The van der Waals surface area contributed by atoms with Gasteiger partial charge in [-0.3, -0.25) is 9.67 Å². The molecule has 0 unspecified atom stereocenters. The smallest absolute Gasteiger partial charge is 0.486 e. The molecule has 0 fully saturated rings. The first-order valence-corrected chi connectivity index (χ1v) is 6.18. The molecule has 2 aromatic heterocycles. The fraction of sp³-hybridized carbons (Fsp3) is 0.333. The SMILES string of the molecule is CC(C)n1ccc(COc2cncc([B-](F)(F)F)c2)n1. The molecule has 0 radical (unpaired) electrons. The van der Waals surface area contributed by atoms with Crippen molar-refractivity contribution in [1.29, 1.82) is 0 Å². The molecule has 0 bridgehead atoms. The quantitative estimate of drug-likeness (QED) is 0.792. The second kappa shape index (κ2) is 5.56. The van der Waals surface area contributed by atoms with Gasteiger partial charge in [-0.05, 0) is 26.0 Å². The second-order valence-electron chi connectivity index (χ2n) is 4.70. The van der Waals surface area contributed by atoms with Gasteiger partial charge in [0.2, 0.25) is 0 Å². The van der Waals surface area contributed by atoms with Gasteiger partial charge in [0.05, 0.1) is 11.9 Å². The molecule has 0 aliphatic carbocycles. The molecular weight excluding hydrogens is 270 g/mol. The predicted octanol–water partition coefficient (Wildman–Crippen LogP) is 2.49. The van der Waals surface area contributed by atoms with E-state index in [0.717, 1.165) is 12.3 Å². The second-order valence-corrected chi connectivity index (χ2v) is 4.70. The largest absolute Gasteiger partial charge is 0.511 e. The van der Waals surface area contributed by atoms with E-state index < -0.39 is 12.4 Å². The lowest BCUT2D eigenvalue weighted by Gasteiger charge is -2.15. The fourth-order valence-electron chi connectivity index (χ4n) is 1.59. The van der Waals surface area contributed by atoms with Crippen LogP contribution in [0.4, 0.5) is 12.9 Å². The summed E-state index contributed by atoms with van der Waals surface area (Å²) in [6.07, 6.45) is 3.85. The molecule has 0 spiro atoms. The van der Waals surface area contributed by atoms with Crippen molar-refractivity contribution in [1.82, 2.24) is 14.8 Å². The lowest BCUT2D eigenvalue weighted by Crippen LogP contribution is -2.34. The predicted molar refractivity (Wildman–Crippen MR) is 69.9 cm³/mol. The molecule has 0 saturated heterocycles. The van der Waals surface area contributed by atoms with Crippen LogP contribution in [0.25, 0.3) is 0 Å². The van der Waals surface area contributed by atoms with Crippen molar-refractivity contribution in [3.05, 3.63) is 36.4 Å². The molecule has 0 aliphatic rings. The van der Waals surface area contributed by atoms with Gasteiger partial charge in [0.1, 0.15) is 12.4 Å². The maximum atomic E-state index is 12.6. The maximum absolute atomic E-state index is 12.6. The van der Waals surface area contributed by atoms with Crippen molar-refractivity contribution in [2.45, 2.75) is 26.5 Å². The van der Waals surface area contributed by atoms with Crippen molar-refractivity contribution < 1.29 is 17.7 Å². The summed E-state index contributed by atoms with van der Waals surface area (Å²) in [4.78, 5) is 3.54. The number of hydrogen-bond donors (Lipinski definition) is 0. The summed E-state index contributed by atoms with van der Waals surface area (Å²) in [5.74, 6) is 0.0841. The molecule has 2 rings (SSSR count). The Morgan fingerprint density at radius 3 is 2.65 bits per heavy atom. The Hall–Kier alpha value is -1.99. The van der Waals surface area contributed by atoms with E-state index in [9.17, 15) is 12.9 Å². The van der Waals surface area contributed by atoms with Crippen LogP contribution in [-0.2, 0) is 6.61 Å². The summed E-state index contributed by atoms with van der Waals surface area (Å²) in [5.41, 5.74) is -0.114. The van der Waals surface area contributed by atoms with Gasteiger partial charge in [0.25, 0.3) is 0 Å². The van der Waals surface area contributed by atoms with Crippen LogP contribution in [0.1, 0.15) is 25.6 Å². The molecule has 0 atom stereocenters. The zero-order valence-corrected chi connectivity index (χ0v) is 11.1. The molecule has 2 aromatic rings. The van der Waals surface area contributed by atoms with Crippen molar-refractivity contribution in [2.24, 2.45) is 0 Å². The Balaban J connectivity index is 2.03. The number of ether oxygens (including phenoxy) is 1. The first-order chi connectivity index (χ1) is 9.36. The fourth-order valence-corrected chi connectivity index (χ4v) is 1.59. The summed E-state index contributed by atoms with van der Waals surface area (Å²) in [7, 11) is 0. The molecule has 8 heteroatoms. The molecule has 0 aromatic carbocycles. The number of aromatic nitrogens is 3. The zero-order valence-electron chi connectivity index (χ0n) is 11.1. The summed E-state index contributed by atoms with van der Waals surface area (Å²) < 4.78 is 44.8. The number of rotatable bonds is 5. The molecular formula is C12H14BF3N3O-. The third-order valence-corrected chi connectivity index (χ3v) is 2.69. The minimum atomic E-state index is -5.06. The van der Waals surface area contributed by atoms with Crippen LogP contribution < -0.4 is 10.2 Å². The van der Waals surface area contributed by atoms with Gasteiger partial charge in [-0.2, -0.15) is 5.10 Å². The summed E-state index contributed by atoms with van der Waals surface area (Å²) in [5, 5.41) is 4.25. The average Bonchev–Trinajstić information content (AvgIpc) is 2.85. The number of pyridine rings is 1. The third-order valence-electron chi connectivity index (χ3n) is 2.69.